The number of carbonyl (C=O) groups is 1. The number of hydrogen-bond acceptors (Lipinski definition) is 3. The molecular formula is C9H16N2O2. The van der Waals surface area contributed by atoms with Gasteiger partial charge in [0.1, 0.15) is 0 Å². The second-order valence-corrected chi connectivity index (χ2v) is 3.84. The van der Waals surface area contributed by atoms with Crippen molar-refractivity contribution < 1.29 is 9.53 Å². The average Bonchev–Trinajstić information content (AvgIpc) is 2.72. The molecule has 2 aliphatic heterocycles. The molecule has 2 fully saturated rings. The summed E-state index contributed by atoms with van der Waals surface area (Å²) in [6, 6.07) is -0.0897. The first-order valence-electron chi connectivity index (χ1n) is 4.91. The van der Waals surface area contributed by atoms with Gasteiger partial charge in [0.05, 0.1) is 19.1 Å². The molecule has 0 bridgehead atoms. The van der Waals surface area contributed by atoms with Gasteiger partial charge in [-0.25, -0.2) is 0 Å². The molecule has 2 heterocycles. The Morgan fingerprint density at radius 1 is 1.31 bits per heavy atom. The molecule has 0 radical (unpaired) electrons. The summed E-state index contributed by atoms with van der Waals surface area (Å²) in [7, 11) is 0. The Hall–Kier alpha value is -0.610. The van der Waals surface area contributed by atoms with Crippen LogP contribution in [0.15, 0.2) is 0 Å². The minimum absolute atomic E-state index is 0.0851. The topological polar surface area (TPSA) is 55.6 Å². The smallest absolute Gasteiger partial charge is 0.229 e. The fourth-order valence-corrected chi connectivity index (χ4v) is 2.00. The van der Waals surface area contributed by atoms with Crippen LogP contribution in [0.2, 0.25) is 0 Å². The van der Waals surface area contributed by atoms with Crippen molar-refractivity contribution in [3.05, 3.63) is 0 Å². The van der Waals surface area contributed by atoms with Crippen molar-refractivity contribution in [2.75, 3.05) is 26.3 Å². The van der Waals surface area contributed by atoms with Crippen LogP contribution in [0.4, 0.5) is 0 Å². The van der Waals surface area contributed by atoms with Crippen LogP contribution in [-0.2, 0) is 9.53 Å². The summed E-state index contributed by atoms with van der Waals surface area (Å²) in [5.74, 6) is 0.112. The van der Waals surface area contributed by atoms with E-state index in [1.165, 1.54) is 0 Å². The predicted molar refractivity (Wildman–Crippen MR) is 48.1 cm³/mol. The molecule has 4 heteroatoms. The van der Waals surface area contributed by atoms with Crippen LogP contribution in [0.1, 0.15) is 12.8 Å². The van der Waals surface area contributed by atoms with Crippen LogP contribution in [-0.4, -0.2) is 43.2 Å². The summed E-state index contributed by atoms with van der Waals surface area (Å²) in [4.78, 5) is 13.7. The van der Waals surface area contributed by atoms with Crippen molar-refractivity contribution in [2.24, 2.45) is 11.7 Å². The number of ether oxygens (including phenoxy) is 1. The number of nitrogens with two attached hydrogens (primary N) is 1. The van der Waals surface area contributed by atoms with Gasteiger partial charge in [0.25, 0.3) is 0 Å². The second-order valence-electron chi connectivity index (χ2n) is 3.84. The maximum absolute atomic E-state index is 11.8. The van der Waals surface area contributed by atoms with Crippen LogP contribution in [0.5, 0.6) is 0 Å². The molecule has 2 saturated heterocycles. The lowest BCUT2D eigenvalue weighted by Crippen LogP contribution is -2.42. The van der Waals surface area contributed by atoms with Gasteiger partial charge in [0, 0.05) is 19.1 Å². The van der Waals surface area contributed by atoms with E-state index >= 15 is 0 Å². The Balaban J connectivity index is 1.95. The lowest BCUT2D eigenvalue weighted by Gasteiger charge is -2.21. The number of rotatable bonds is 1. The molecule has 13 heavy (non-hydrogen) atoms. The van der Waals surface area contributed by atoms with Crippen LogP contribution < -0.4 is 5.73 Å². The molecule has 2 N–H and O–H groups in total. The van der Waals surface area contributed by atoms with Crippen LogP contribution in [0.25, 0.3) is 0 Å². The molecule has 0 aromatic rings. The fraction of sp³-hybridized carbons (Fsp3) is 0.889. The van der Waals surface area contributed by atoms with Crippen molar-refractivity contribution in [1.29, 1.82) is 0 Å². The summed E-state index contributed by atoms with van der Waals surface area (Å²) in [5, 5.41) is 0. The highest BCUT2D eigenvalue weighted by Gasteiger charge is 2.34. The van der Waals surface area contributed by atoms with E-state index in [1.54, 1.807) is 0 Å². The Morgan fingerprint density at radius 2 is 2.00 bits per heavy atom. The van der Waals surface area contributed by atoms with Crippen LogP contribution in [0, 0.1) is 5.92 Å². The van der Waals surface area contributed by atoms with Crippen molar-refractivity contribution in [3.8, 4) is 0 Å². The van der Waals surface area contributed by atoms with E-state index in [4.69, 9.17) is 10.5 Å². The van der Waals surface area contributed by atoms with Crippen molar-refractivity contribution >= 4 is 5.91 Å². The minimum atomic E-state index is -0.0897. The standard InChI is InChI=1S/C9H16N2O2/c10-8-6-13-5-7(8)9(12)11-3-1-2-4-11/h7-8H,1-6,10H2. The molecule has 0 aliphatic carbocycles. The lowest BCUT2D eigenvalue weighted by atomic mass is 10.0. The van der Waals surface area contributed by atoms with Crippen molar-refractivity contribution in [1.82, 2.24) is 4.90 Å². The molecule has 1 amide bonds. The zero-order valence-corrected chi connectivity index (χ0v) is 7.74. The Morgan fingerprint density at radius 3 is 2.54 bits per heavy atom. The molecule has 0 spiro atoms. The van der Waals surface area contributed by atoms with Gasteiger partial charge < -0.3 is 15.4 Å². The molecule has 0 aromatic heterocycles. The maximum atomic E-state index is 11.8. The summed E-state index contributed by atoms with van der Waals surface area (Å²) in [6.45, 7) is 2.85. The van der Waals surface area contributed by atoms with E-state index in [2.05, 4.69) is 0 Å². The second kappa shape index (κ2) is 3.64. The SMILES string of the molecule is NC1COCC1C(=O)N1CCCC1. The normalized spacial score (nSPS) is 34.1. The third-order valence-corrected chi connectivity index (χ3v) is 2.86. The average molecular weight is 184 g/mol. The van der Waals surface area contributed by atoms with E-state index in [-0.39, 0.29) is 17.9 Å². The van der Waals surface area contributed by atoms with Gasteiger partial charge in [0.2, 0.25) is 5.91 Å². The number of nitrogens with zero attached hydrogens (tertiary/aromatic N) is 1. The van der Waals surface area contributed by atoms with Gasteiger partial charge in [-0.05, 0) is 12.8 Å². The number of hydrogen-bond donors (Lipinski definition) is 1. The Labute approximate surface area is 78.0 Å². The first-order valence-corrected chi connectivity index (χ1v) is 4.91. The predicted octanol–water partition coefficient (Wildman–Crippen LogP) is -0.417. The highest BCUT2D eigenvalue weighted by atomic mass is 16.5. The van der Waals surface area contributed by atoms with Crippen molar-refractivity contribution in [3.63, 3.8) is 0 Å². The van der Waals surface area contributed by atoms with Crippen molar-refractivity contribution in [2.45, 2.75) is 18.9 Å². The Kier molecular flexibility index (Phi) is 2.51. The Bertz CT molecular complexity index is 202. The van der Waals surface area contributed by atoms with Gasteiger partial charge in [-0.1, -0.05) is 0 Å². The largest absolute Gasteiger partial charge is 0.379 e. The number of likely N-dealkylation sites (tertiary alicyclic amines) is 1. The molecule has 2 unspecified atom stereocenters. The van der Waals surface area contributed by atoms with Crippen LogP contribution >= 0.6 is 0 Å². The lowest BCUT2D eigenvalue weighted by molar-refractivity contribution is -0.134. The number of amides is 1. The molecule has 2 aliphatic rings. The third-order valence-electron chi connectivity index (χ3n) is 2.86. The minimum Gasteiger partial charge on any atom is -0.379 e. The highest BCUT2D eigenvalue weighted by Crippen LogP contribution is 2.18. The van der Waals surface area contributed by atoms with E-state index < -0.39 is 0 Å². The van der Waals surface area contributed by atoms with Crippen LogP contribution in [0.3, 0.4) is 0 Å². The quantitative estimate of drug-likeness (QED) is 0.602. The van der Waals surface area contributed by atoms with Gasteiger partial charge >= 0.3 is 0 Å². The van der Waals surface area contributed by atoms with Gasteiger partial charge in [-0.15, -0.1) is 0 Å². The van der Waals surface area contributed by atoms with E-state index in [0.717, 1.165) is 25.9 Å². The summed E-state index contributed by atoms with van der Waals surface area (Å²) >= 11 is 0. The maximum Gasteiger partial charge on any atom is 0.229 e. The summed E-state index contributed by atoms with van der Waals surface area (Å²) in [6.07, 6.45) is 2.27. The van der Waals surface area contributed by atoms with Gasteiger partial charge in [-0.3, -0.25) is 4.79 Å². The molecule has 2 atom stereocenters. The fourth-order valence-electron chi connectivity index (χ4n) is 2.00. The summed E-state index contributed by atoms with van der Waals surface area (Å²) in [5.41, 5.74) is 5.78. The van der Waals surface area contributed by atoms with E-state index in [1.807, 2.05) is 4.90 Å². The first kappa shape index (κ1) is 8.97. The molecule has 74 valence electrons. The van der Waals surface area contributed by atoms with E-state index in [9.17, 15) is 4.79 Å². The summed E-state index contributed by atoms with van der Waals surface area (Å²) < 4.78 is 5.18. The number of carbonyl (C=O) groups excluding carboxylic acids is 1. The monoisotopic (exact) mass is 184 g/mol. The van der Waals surface area contributed by atoms with E-state index in [0.29, 0.717) is 13.2 Å². The van der Waals surface area contributed by atoms with Gasteiger partial charge in [-0.2, -0.15) is 0 Å². The molecule has 0 saturated carbocycles. The molecule has 2 rings (SSSR count). The zero-order valence-electron chi connectivity index (χ0n) is 7.74. The zero-order chi connectivity index (χ0) is 9.26. The first-order chi connectivity index (χ1) is 6.29. The molecule has 4 nitrogen and oxygen atoms in total. The third kappa shape index (κ3) is 1.69. The molecular weight excluding hydrogens is 168 g/mol. The highest BCUT2D eigenvalue weighted by molar-refractivity contribution is 5.80. The van der Waals surface area contributed by atoms with Gasteiger partial charge in [0.15, 0.2) is 0 Å². The molecule has 0 aromatic carbocycles.